The number of ether oxygens (including phenoxy) is 1. The zero-order valence-electron chi connectivity index (χ0n) is 9.61. The molecule has 0 saturated carbocycles. The number of unbranched alkanes of at least 4 members (excludes halogenated alkanes) is 1. The Kier molecular flexibility index (Phi) is 9.83. The van der Waals surface area contributed by atoms with Crippen molar-refractivity contribution < 1.29 is 9.53 Å². The van der Waals surface area contributed by atoms with E-state index in [1.54, 1.807) is 6.08 Å². The molecule has 0 amide bonds. The van der Waals surface area contributed by atoms with Gasteiger partial charge in [0.25, 0.3) is 0 Å². The third kappa shape index (κ3) is 10.6. The second-order valence-corrected chi connectivity index (χ2v) is 3.10. The summed E-state index contributed by atoms with van der Waals surface area (Å²) in [6.45, 7) is 4.65. The van der Waals surface area contributed by atoms with Gasteiger partial charge in [-0.15, -0.1) is 0 Å². The van der Waals surface area contributed by atoms with Crippen molar-refractivity contribution >= 4 is 5.97 Å². The number of carbonyl (C=O) groups excluding carboxylic acids is 1. The normalized spacial score (nSPS) is 11.9. The van der Waals surface area contributed by atoms with Gasteiger partial charge < -0.3 is 4.74 Å². The van der Waals surface area contributed by atoms with Gasteiger partial charge in [-0.2, -0.15) is 0 Å². The van der Waals surface area contributed by atoms with Crippen LogP contribution in [0.1, 0.15) is 33.1 Å². The summed E-state index contributed by atoms with van der Waals surface area (Å²) >= 11 is 0. The van der Waals surface area contributed by atoms with Crippen molar-refractivity contribution in [2.24, 2.45) is 0 Å². The number of hydrogen-bond acceptors (Lipinski definition) is 2. The molecule has 0 aromatic rings. The lowest BCUT2D eigenvalue weighted by molar-refractivity contribution is -0.137. The summed E-state index contributed by atoms with van der Waals surface area (Å²) in [6.07, 6.45) is 13.8. The van der Waals surface area contributed by atoms with Crippen molar-refractivity contribution in [2.45, 2.75) is 33.1 Å². The smallest absolute Gasteiger partial charge is 0.330 e. The van der Waals surface area contributed by atoms with E-state index in [0.29, 0.717) is 6.61 Å². The Hall–Kier alpha value is -1.31. The second-order valence-electron chi connectivity index (χ2n) is 3.10. The maximum atomic E-state index is 11.0. The Morgan fingerprint density at radius 2 is 1.87 bits per heavy atom. The highest BCUT2D eigenvalue weighted by Gasteiger charge is 1.93. The second kappa shape index (κ2) is 10.8. The number of rotatable bonds is 7. The highest BCUT2D eigenvalue weighted by atomic mass is 16.5. The van der Waals surface area contributed by atoms with E-state index in [1.165, 1.54) is 6.08 Å². The highest BCUT2D eigenvalue weighted by molar-refractivity contribution is 5.82. The van der Waals surface area contributed by atoms with Gasteiger partial charge in [-0.05, 0) is 12.8 Å². The summed E-state index contributed by atoms with van der Waals surface area (Å²) in [5.41, 5.74) is 0. The van der Waals surface area contributed by atoms with Crippen molar-refractivity contribution in [3.8, 4) is 0 Å². The number of carbonyl (C=O) groups is 1. The number of allylic oxidation sites excluding steroid dienone is 5. The zero-order valence-corrected chi connectivity index (χ0v) is 9.61. The fraction of sp³-hybridized carbons (Fsp3) is 0.462. The fourth-order valence-corrected chi connectivity index (χ4v) is 0.842. The molecule has 0 aromatic carbocycles. The van der Waals surface area contributed by atoms with E-state index in [1.807, 2.05) is 24.3 Å². The summed E-state index contributed by atoms with van der Waals surface area (Å²) in [4.78, 5) is 11.0. The van der Waals surface area contributed by atoms with E-state index in [4.69, 9.17) is 4.74 Å². The molecule has 0 unspecified atom stereocenters. The molecule has 2 nitrogen and oxygen atoms in total. The molecule has 0 saturated heterocycles. The zero-order chi connectivity index (χ0) is 11.4. The highest BCUT2D eigenvalue weighted by Crippen LogP contribution is 1.90. The van der Waals surface area contributed by atoms with Crippen LogP contribution >= 0.6 is 0 Å². The van der Waals surface area contributed by atoms with Gasteiger partial charge in [0.05, 0.1) is 6.61 Å². The molecule has 0 aliphatic rings. The van der Waals surface area contributed by atoms with Gasteiger partial charge in [0, 0.05) is 6.08 Å². The molecule has 0 spiro atoms. The lowest BCUT2D eigenvalue weighted by Gasteiger charge is -1.97. The fourth-order valence-electron chi connectivity index (χ4n) is 0.842. The van der Waals surface area contributed by atoms with E-state index in [9.17, 15) is 4.79 Å². The first-order valence-electron chi connectivity index (χ1n) is 5.47. The molecule has 0 rings (SSSR count). The van der Waals surface area contributed by atoms with E-state index < -0.39 is 0 Å². The Bertz CT molecular complexity index is 237. The molecule has 0 radical (unpaired) electrons. The summed E-state index contributed by atoms with van der Waals surface area (Å²) in [7, 11) is 0. The van der Waals surface area contributed by atoms with Crippen molar-refractivity contribution in [1.82, 2.24) is 0 Å². The third-order valence-corrected chi connectivity index (χ3v) is 1.68. The Labute approximate surface area is 92.3 Å². The molecular weight excluding hydrogens is 188 g/mol. The summed E-state index contributed by atoms with van der Waals surface area (Å²) in [6, 6.07) is 0. The summed E-state index contributed by atoms with van der Waals surface area (Å²) in [5.74, 6) is -0.271. The first kappa shape index (κ1) is 13.7. The maximum absolute atomic E-state index is 11.0. The van der Waals surface area contributed by atoms with Crippen LogP contribution in [0.4, 0.5) is 0 Å². The topological polar surface area (TPSA) is 26.3 Å². The van der Waals surface area contributed by atoms with Gasteiger partial charge in [-0.25, -0.2) is 4.79 Å². The molecule has 0 aliphatic carbocycles. The van der Waals surface area contributed by atoms with Gasteiger partial charge in [0.15, 0.2) is 0 Å². The van der Waals surface area contributed by atoms with E-state index in [-0.39, 0.29) is 5.97 Å². The van der Waals surface area contributed by atoms with E-state index in [0.717, 1.165) is 19.3 Å². The lowest BCUT2D eigenvalue weighted by atomic mass is 10.3. The van der Waals surface area contributed by atoms with Gasteiger partial charge in [0.2, 0.25) is 0 Å². The monoisotopic (exact) mass is 208 g/mol. The minimum atomic E-state index is -0.271. The average Bonchev–Trinajstić information content (AvgIpc) is 2.23. The van der Waals surface area contributed by atoms with Crippen LogP contribution in [-0.2, 0) is 9.53 Å². The molecule has 0 bridgehead atoms. The number of esters is 1. The van der Waals surface area contributed by atoms with Gasteiger partial charge in [0.1, 0.15) is 0 Å². The maximum Gasteiger partial charge on any atom is 0.330 e. The summed E-state index contributed by atoms with van der Waals surface area (Å²) < 4.78 is 4.93. The molecule has 0 N–H and O–H groups in total. The minimum absolute atomic E-state index is 0.271. The molecule has 0 aliphatic heterocycles. The lowest BCUT2D eigenvalue weighted by Crippen LogP contribution is -2.01. The predicted octanol–water partition coefficient (Wildman–Crippen LogP) is 3.41. The van der Waals surface area contributed by atoms with Crippen LogP contribution in [0.3, 0.4) is 0 Å². The van der Waals surface area contributed by atoms with E-state index in [2.05, 4.69) is 13.8 Å². The minimum Gasteiger partial charge on any atom is -0.463 e. The van der Waals surface area contributed by atoms with Gasteiger partial charge in [-0.1, -0.05) is 50.6 Å². The van der Waals surface area contributed by atoms with Crippen LogP contribution in [-0.4, -0.2) is 12.6 Å². The molecule has 2 heteroatoms. The summed E-state index contributed by atoms with van der Waals surface area (Å²) in [5, 5.41) is 0. The molecule has 0 heterocycles. The van der Waals surface area contributed by atoms with E-state index >= 15 is 0 Å². The standard InChI is InChI=1S/C13H20O2/c1-3-5-7-8-9-10-11-13(14)15-12-6-4-2/h5,7-11H,3-4,6,12H2,1-2H3/b7-5+,9-8+,11-10+. The van der Waals surface area contributed by atoms with Gasteiger partial charge >= 0.3 is 5.97 Å². The van der Waals surface area contributed by atoms with Crippen LogP contribution in [0.2, 0.25) is 0 Å². The van der Waals surface area contributed by atoms with Crippen molar-refractivity contribution in [1.29, 1.82) is 0 Å². The average molecular weight is 208 g/mol. The van der Waals surface area contributed by atoms with Crippen LogP contribution in [0.25, 0.3) is 0 Å². The van der Waals surface area contributed by atoms with Crippen molar-refractivity contribution in [3.05, 3.63) is 36.5 Å². The molecular formula is C13H20O2. The molecule has 0 atom stereocenters. The van der Waals surface area contributed by atoms with Crippen molar-refractivity contribution in [2.75, 3.05) is 6.61 Å². The Morgan fingerprint density at radius 1 is 1.13 bits per heavy atom. The van der Waals surface area contributed by atoms with Gasteiger partial charge in [-0.3, -0.25) is 0 Å². The quantitative estimate of drug-likeness (QED) is 0.277. The van der Waals surface area contributed by atoms with Crippen LogP contribution < -0.4 is 0 Å². The van der Waals surface area contributed by atoms with Crippen LogP contribution in [0, 0.1) is 0 Å². The molecule has 0 aromatic heterocycles. The van der Waals surface area contributed by atoms with Crippen LogP contribution in [0.5, 0.6) is 0 Å². The first-order valence-corrected chi connectivity index (χ1v) is 5.47. The third-order valence-electron chi connectivity index (χ3n) is 1.68. The van der Waals surface area contributed by atoms with Crippen molar-refractivity contribution in [3.63, 3.8) is 0 Å². The Morgan fingerprint density at radius 3 is 2.53 bits per heavy atom. The Balaban J connectivity index is 3.62. The molecule has 15 heavy (non-hydrogen) atoms. The SMILES string of the molecule is CC/C=C/C=C/C=C/C(=O)OCCCC. The number of hydrogen-bond donors (Lipinski definition) is 0. The largest absolute Gasteiger partial charge is 0.463 e. The predicted molar refractivity (Wildman–Crippen MR) is 63.6 cm³/mol. The molecule has 84 valence electrons. The molecule has 0 fully saturated rings. The van der Waals surface area contributed by atoms with Crippen LogP contribution in [0.15, 0.2) is 36.5 Å². The first-order chi connectivity index (χ1) is 7.31.